The molecule has 0 aliphatic heterocycles. The average Bonchev–Trinajstić information content (AvgIpc) is 2.67. The third kappa shape index (κ3) is 6.81. The number of hydrogen-bond donors (Lipinski definition) is 0. The normalized spacial score (nSPS) is 10.2. The Morgan fingerprint density at radius 1 is 0.880 bits per heavy atom. The van der Waals surface area contributed by atoms with Crippen LogP contribution >= 0.6 is 0 Å². The molecule has 0 unspecified atom stereocenters. The van der Waals surface area contributed by atoms with Crippen molar-refractivity contribution < 1.29 is 19.0 Å². The summed E-state index contributed by atoms with van der Waals surface area (Å²) in [5.41, 5.74) is 2.23. The van der Waals surface area contributed by atoms with Crippen LogP contribution < -0.4 is 4.74 Å². The van der Waals surface area contributed by atoms with Gasteiger partial charge in [0.25, 0.3) is 0 Å². The zero-order valence-corrected chi connectivity index (χ0v) is 14.4. The Kier molecular flexibility index (Phi) is 8.29. The molecule has 0 aliphatic carbocycles. The van der Waals surface area contributed by atoms with E-state index < -0.39 is 5.97 Å². The predicted octanol–water partition coefficient (Wildman–Crippen LogP) is 4.26. The minimum Gasteiger partial charge on any atom is -0.493 e. The van der Waals surface area contributed by atoms with Crippen molar-refractivity contribution in [2.75, 3.05) is 26.4 Å². The van der Waals surface area contributed by atoms with Gasteiger partial charge in [0.2, 0.25) is 0 Å². The molecule has 2 rings (SSSR count). The lowest BCUT2D eigenvalue weighted by Crippen LogP contribution is -2.07. The predicted molar refractivity (Wildman–Crippen MR) is 98.6 cm³/mol. The minimum atomic E-state index is -0.398. The summed E-state index contributed by atoms with van der Waals surface area (Å²) < 4.78 is 16.3. The van der Waals surface area contributed by atoms with E-state index in [1.807, 2.05) is 36.4 Å². The molecule has 25 heavy (non-hydrogen) atoms. The third-order valence-corrected chi connectivity index (χ3v) is 3.51. The van der Waals surface area contributed by atoms with Gasteiger partial charge in [-0.3, -0.25) is 0 Å². The largest absolute Gasteiger partial charge is 0.493 e. The number of hydrogen-bond acceptors (Lipinski definition) is 4. The second-order valence-corrected chi connectivity index (χ2v) is 5.40. The molecule has 0 atom stereocenters. The zero-order valence-electron chi connectivity index (χ0n) is 14.4. The fourth-order valence-electron chi connectivity index (χ4n) is 2.29. The van der Waals surface area contributed by atoms with Crippen molar-refractivity contribution in [2.45, 2.75) is 12.8 Å². The monoisotopic (exact) mass is 340 g/mol. The highest BCUT2D eigenvalue weighted by molar-refractivity contribution is 5.81. The molecule has 0 bridgehead atoms. The molecule has 0 fully saturated rings. The number of ether oxygens (including phenoxy) is 3. The quantitative estimate of drug-likeness (QED) is 0.348. The Morgan fingerprint density at radius 3 is 2.32 bits per heavy atom. The molecule has 0 radical (unpaired) electrons. The Bertz CT molecular complexity index is 652. The molecular weight excluding hydrogens is 316 g/mol. The van der Waals surface area contributed by atoms with E-state index >= 15 is 0 Å². The standard InChI is InChI=1S/C21H24O4/c1-2-21(22)25-17-9-15-23-14-8-16-24-20-13-7-6-12-19(20)18-10-4-3-5-11-18/h2-7,10-13H,1,8-9,14-17H2. The SMILES string of the molecule is C=CC(=O)OCCCOCCCOc1ccccc1-c1ccccc1. The van der Waals surface area contributed by atoms with Gasteiger partial charge >= 0.3 is 5.97 Å². The van der Waals surface area contributed by atoms with Crippen LogP contribution in [0.25, 0.3) is 11.1 Å². The Morgan fingerprint density at radius 2 is 1.56 bits per heavy atom. The van der Waals surface area contributed by atoms with Crippen molar-refractivity contribution in [2.24, 2.45) is 0 Å². The van der Waals surface area contributed by atoms with Gasteiger partial charge in [0.1, 0.15) is 5.75 Å². The van der Waals surface area contributed by atoms with Crippen LogP contribution in [0.1, 0.15) is 12.8 Å². The molecule has 4 heteroatoms. The first-order chi connectivity index (χ1) is 12.3. The molecule has 0 amide bonds. The van der Waals surface area contributed by atoms with Crippen LogP contribution in [-0.4, -0.2) is 32.4 Å². The zero-order chi connectivity index (χ0) is 17.7. The summed E-state index contributed by atoms with van der Waals surface area (Å²) in [5.74, 6) is 0.482. The fourth-order valence-corrected chi connectivity index (χ4v) is 2.29. The summed E-state index contributed by atoms with van der Waals surface area (Å²) in [6, 6.07) is 18.2. The molecule has 4 nitrogen and oxygen atoms in total. The topological polar surface area (TPSA) is 44.8 Å². The van der Waals surface area contributed by atoms with Crippen LogP contribution in [0, 0.1) is 0 Å². The highest BCUT2D eigenvalue weighted by Crippen LogP contribution is 2.29. The summed E-state index contributed by atoms with van der Waals surface area (Å²) in [5, 5.41) is 0. The van der Waals surface area contributed by atoms with Crippen LogP contribution in [0.3, 0.4) is 0 Å². The second-order valence-electron chi connectivity index (χ2n) is 5.40. The van der Waals surface area contributed by atoms with Gasteiger partial charge < -0.3 is 14.2 Å². The Labute approximate surface area is 149 Å². The van der Waals surface area contributed by atoms with Crippen molar-refractivity contribution in [3.8, 4) is 16.9 Å². The summed E-state index contributed by atoms with van der Waals surface area (Å²) in [4.78, 5) is 10.9. The number of esters is 1. The van der Waals surface area contributed by atoms with Crippen LogP contribution in [0.2, 0.25) is 0 Å². The first-order valence-corrected chi connectivity index (χ1v) is 8.45. The molecule has 0 aromatic heterocycles. The van der Waals surface area contributed by atoms with Gasteiger partial charge in [0, 0.05) is 37.7 Å². The van der Waals surface area contributed by atoms with Gasteiger partial charge in [-0.2, -0.15) is 0 Å². The first-order valence-electron chi connectivity index (χ1n) is 8.45. The maximum atomic E-state index is 10.9. The number of para-hydroxylation sites is 1. The van der Waals surface area contributed by atoms with Crippen molar-refractivity contribution in [1.29, 1.82) is 0 Å². The third-order valence-electron chi connectivity index (χ3n) is 3.51. The Hall–Kier alpha value is -2.59. The molecule has 0 N–H and O–H groups in total. The lowest BCUT2D eigenvalue weighted by Gasteiger charge is -2.12. The van der Waals surface area contributed by atoms with Crippen LogP contribution in [0.5, 0.6) is 5.75 Å². The van der Waals surface area contributed by atoms with E-state index in [9.17, 15) is 4.79 Å². The molecule has 0 heterocycles. The van der Waals surface area contributed by atoms with Gasteiger partial charge in [-0.05, 0) is 11.6 Å². The van der Waals surface area contributed by atoms with E-state index in [2.05, 4.69) is 24.8 Å². The molecule has 0 spiro atoms. The minimum absolute atomic E-state index is 0.353. The van der Waals surface area contributed by atoms with Crippen LogP contribution in [-0.2, 0) is 14.3 Å². The van der Waals surface area contributed by atoms with Crippen LogP contribution in [0.4, 0.5) is 0 Å². The number of carbonyl (C=O) groups excluding carboxylic acids is 1. The molecule has 0 aliphatic rings. The van der Waals surface area contributed by atoms with Crippen molar-refractivity contribution >= 4 is 5.97 Å². The van der Waals surface area contributed by atoms with Gasteiger partial charge in [0.05, 0.1) is 13.2 Å². The number of benzene rings is 2. The summed E-state index contributed by atoms with van der Waals surface area (Å²) in [7, 11) is 0. The average molecular weight is 340 g/mol. The maximum absolute atomic E-state index is 10.9. The molecular formula is C21H24O4. The summed E-state index contributed by atoms with van der Waals surface area (Å²) in [6.07, 6.45) is 2.64. The van der Waals surface area contributed by atoms with Gasteiger partial charge in [-0.25, -0.2) is 4.79 Å². The molecule has 132 valence electrons. The van der Waals surface area contributed by atoms with E-state index in [-0.39, 0.29) is 0 Å². The van der Waals surface area contributed by atoms with Crippen LogP contribution in [0.15, 0.2) is 67.3 Å². The summed E-state index contributed by atoms with van der Waals surface area (Å²) >= 11 is 0. The van der Waals surface area contributed by atoms with E-state index in [1.165, 1.54) is 0 Å². The fraction of sp³-hybridized carbons (Fsp3) is 0.286. The lowest BCUT2D eigenvalue weighted by atomic mass is 10.1. The molecule has 0 saturated carbocycles. The van der Waals surface area contributed by atoms with Crippen molar-refractivity contribution in [3.63, 3.8) is 0 Å². The van der Waals surface area contributed by atoms with E-state index in [1.54, 1.807) is 0 Å². The van der Waals surface area contributed by atoms with E-state index in [4.69, 9.17) is 14.2 Å². The number of rotatable bonds is 11. The Balaban J connectivity index is 1.64. The van der Waals surface area contributed by atoms with Crippen molar-refractivity contribution in [1.82, 2.24) is 0 Å². The highest BCUT2D eigenvalue weighted by Gasteiger charge is 2.05. The molecule has 2 aromatic carbocycles. The first kappa shape index (κ1) is 18.7. The second kappa shape index (κ2) is 11.0. The van der Waals surface area contributed by atoms with Gasteiger partial charge in [-0.1, -0.05) is 55.1 Å². The summed E-state index contributed by atoms with van der Waals surface area (Å²) in [6.45, 7) is 5.46. The van der Waals surface area contributed by atoms with Crippen molar-refractivity contribution in [3.05, 3.63) is 67.3 Å². The highest BCUT2D eigenvalue weighted by atomic mass is 16.5. The smallest absolute Gasteiger partial charge is 0.330 e. The molecule has 2 aromatic rings. The maximum Gasteiger partial charge on any atom is 0.330 e. The number of carbonyl (C=O) groups is 1. The van der Waals surface area contributed by atoms with Gasteiger partial charge in [-0.15, -0.1) is 0 Å². The van der Waals surface area contributed by atoms with E-state index in [0.717, 1.165) is 29.4 Å². The lowest BCUT2D eigenvalue weighted by molar-refractivity contribution is -0.138. The van der Waals surface area contributed by atoms with Gasteiger partial charge in [0.15, 0.2) is 0 Å². The molecule has 0 saturated heterocycles. The van der Waals surface area contributed by atoms with E-state index in [0.29, 0.717) is 32.8 Å².